The van der Waals surface area contributed by atoms with Crippen LogP contribution in [0.1, 0.15) is 6.42 Å². The predicted octanol–water partition coefficient (Wildman–Crippen LogP) is -1.38. The maximum absolute atomic E-state index is 10.2. The number of nitrogens with two attached hydrogens (primary N) is 1. The number of aliphatic hydroxyl groups is 1. The average Bonchev–Trinajstić information content (AvgIpc) is 2.45. The zero-order valence-electron chi connectivity index (χ0n) is 4.91. The van der Waals surface area contributed by atoms with Gasteiger partial charge in [-0.2, -0.15) is 0 Å². The van der Waals surface area contributed by atoms with E-state index in [1.165, 1.54) is 0 Å². The van der Waals surface area contributed by atoms with Gasteiger partial charge in [-0.1, -0.05) is 0 Å². The Morgan fingerprint density at radius 3 is 2.67 bits per heavy atom. The monoisotopic (exact) mass is 131 g/mol. The maximum Gasteiger partial charge on any atom is 0.220 e. The molecule has 52 valence electrons. The van der Waals surface area contributed by atoms with Gasteiger partial charge in [0.05, 0.1) is 19.1 Å². The summed E-state index contributed by atoms with van der Waals surface area (Å²) < 4.78 is 4.83. The molecular weight excluding hydrogens is 122 g/mol. The minimum absolute atomic E-state index is 0.0159. The number of carbonyl (C=O) groups is 1. The molecule has 1 aliphatic rings. The van der Waals surface area contributed by atoms with Crippen molar-refractivity contribution in [2.75, 3.05) is 6.61 Å². The molecule has 9 heavy (non-hydrogen) atoms. The van der Waals surface area contributed by atoms with Crippen molar-refractivity contribution >= 4 is 5.91 Å². The Hall–Kier alpha value is -0.610. The summed E-state index contributed by atoms with van der Waals surface area (Å²) in [6.45, 7) is -0.0159. The normalized spacial score (nSPS) is 32.1. The Bertz CT molecular complexity index is 125. The number of carbonyl (C=O) groups excluding carboxylic acids is 1. The van der Waals surface area contributed by atoms with E-state index in [4.69, 9.17) is 15.6 Å². The summed E-state index contributed by atoms with van der Waals surface area (Å²) in [4.78, 5) is 10.2. The largest absolute Gasteiger partial charge is 0.394 e. The number of hydrogen-bond acceptors (Lipinski definition) is 3. The number of rotatable bonds is 3. The number of aliphatic hydroxyl groups excluding tert-OH is 1. The lowest BCUT2D eigenvalue weighted by Gasteiger charge is -1.84. The molecule has 0 saturated carbocycles. The molecule has 1 fully saturated rings. The van der Waals surface area contributed by atoms with Crippen molar-refractivity contribution in [2.24, 2.45) is 5.73 Å². The zero-order chi connectivity index (χ0) is 6.85. The quantitative estimate of drug-likeness (QED) is 0.463. The van der Waals surface area contributed by atoms with Crippen molar-refractivity contribution in [3.05, 3.63) is 0 Å². The molecule has 0 radical (unpaired) electrons. The van der Waals surface area contributed by atoms with Gasteiger partial charge in [0.1, 0.15) is 6.10 Å². The minimum atomic E-state index is -0.379. The van der Waals surface area contributed by atoms with E-state index in [9.17, 15) is 4.79 Å². The van der Waals surface area contributed by atoms with Gasteiger partial charge < -0.3 is 15.6 Å². The van der Waals surface area contributed by atoms with E-state index in [0.29, 0.717) is 0 Å². The van der Waals surface area contributed by atoms with Gasteiger partial charge >= 0.3 is 0 Å². The summed E-state index contributed by atoms with van der Waals surface area (Å²) in [6.07, 6.45) is -0.0319. The van der Waals surface area contributed by atoms with E-state index in [1.54, 1.807) is 0 Å². The third-order valence-corrected chi connectivity index (χ3v) is 1.27. The molecule has 0 bridgehead atoms. The molecule has 0 aliphatic carbocycles. The Labute approximate surface area is 52.6 Å². The molecule has 1 rings (SSSR count). The lowest BCUT2D eigenvalue weighted by molar-refractivity contribution is -0.118. The topological polar surface area (TPSA) is 75.9 Å². The number of epoxide rings is 1. The molecule has 0 spiro atoms. The van der Waals surface area contributed by atoms with E-state index in [0.717, 1.165) is 0 Å². The van der Waals surface area contributed by atoms with Gasteiger partial charge in [0.15, 0.2) is 0 Å². The van der Waals surface area contributed by atoms with Crippen molar-refractivity contribution in [3.63, 3.8) is 0 Å². The molecule has 3 N–H and O–H groups in total. The lowest BCUT2D eigenvalue weighted by atomic mass is 10.2. The van der Waals surface area contributed by atoms with Crippen molar-refractivity contribution in [1.82, 2.24) is 0 Å². The fourth-order valence-corrected chi connectivity index (χ4v) is 0.718. The summed E-state index contributed by atoms with van der Waals surface area (Å²) in [5.74, 6) is -0.379. The second kappa shape index (κ2) is 2.33. The fourth-order valence-electron chi connectivity index (χ4n) is 0.718. The summed E-state index contributed by atoms with van der Waals surface area (Å²) >= 11 is 0. The molecule has 1 amide bonds. The van der Waals surface area contributed by atoms with Crippen LogP contribution < -0.4 is 5.73 Å². The molecule has 2 unspecified atom stereocenters. The third-order valence-electron chi connectivity index (χ3n) is 1.27. The highest BCUT2D eigenvalue weighted by atomic mass is 16.6. The molecule has 0 aromatic carbocycles. The van der Waals surface area contributed by atoms with Crippen LogP contribution in [0.3, 0.4) is 0 Å². The average molecular weight is 131 g/mol. The van der Waals surface area contributed by atoms with Crippen LogP contribution in [-0.2, 0) is 9.53 Å². The first kappa shape index (κ1) is 6.51. The Morgan fingerprint density at radius 1 is 1.67 bits per heavy atom. The van der Waals surface area contributed by atoms with Crippen LogP contribution in [-0.4, -0.2) is 29.8 Å². The van der Waals surface area contributed by atoms with E-state index < -0.39 is 0 Å². The van der Waals surface area contributed by atoms with Gasteiger partial charge in [-0.3, -0.25) is 4.79 Å². The molecule has 1 aliphatic heterocycles. The molecule has 4 heteroatoms. The highest BCUT2D eigenvalue weighted by Crippen LogP contribution is 2.23. The molecule has 0 aromatic heterocycles. The van der Waals surface area contributed by atoms with Gasteiger partial charge in [-0.05, 0) is 0 Å². The zero-order valence-corrected chi connectivity index (χ0v) is 4.91. The molecule has 1 saturated heterocycles. The van der Waals surface area contributed by atoms with Crippen molar-refractivity contribution in [2.45, 2.75) is 18.6 Å². The van der Waals surface area contributed by atoms with E-state index in [2.05, 4.69) is 0 Å². The van der Waals surface area contributed by atoms with E-state index >= 15 is 0 Å². The number of hydrogen-bond donors (Lipinski definition) is 2. The molecule has 0 aromatic rings. The van der Waals surface area contributed by atoms with Crippen LogP contribution in [0.5, 0.6) is 0 Å². The van der Waals surface area contributed by atoms with Crippen LogP contribution in [0, 0.1) is 0 Å². The lowest BCUT2D eigenvalue weighted by Crippen LogP contribution is -2.14. The van der Waals surface area contributed by atoms with Crippen molar-refractivity contribution in [1.29, 1.82) is 0 Å². The van der Waals surface area contributed by atoms with E-state index in [-0.39, 0.29) is 31.1 Å². The van der Waals surface area contributed by atoms with Gasteiger partial charge in [0, 0.05) is 0 Å². The molecule has 1 heterocycles. The van der Waals surface area contributed by atoms with Gasteiger partial charge in [0.2, 0.25) is 5.91 Å². The van der Waals surface area contributed by atoms with Gasteiger partial charge in [0.25, 0.3) is 0 Å². The summed E-state index contributed by atoms with van der Waals surface area (Å²) in [7, 11) is 0. The fraction of sp³-hybridized carbons (Fsp3) is 0.800. The summed E-state index contributed by atoms with van der Waals surface area (Å²) in [5.41, 5.74) is 4.85. The number of primary amides is 1. The minimum Gasteiger partial charge on any atom is -0.394 e. The smallest absolute Gasteiger partial charge is 0.220 e. The van der Waals surface area contributed by atoms with Crippen LogP contribution in [0.15, 0.2) is 0 Å². The highest BCUT2D eigenvalue weighted by molar-refractivity contribution is 5.74. The second-order valence-corrected chi connectivity index (χ2v) is 2.07. The number of ether oxygens (including phenoxy) is 1. The highest BCUT2D eigenvalue weighted by Gasteiger charge is 2.38. The molecule has 2 atom stereocenters. The van der Waals surface area contributed by atoms with Crippen molar-refractivity contribution < 1.29 is 14.6 Å². The van der Waals surface area contributed by atoms with Crippen LogP contribution in [0.2, 0.25) is 0 Å². The second-order valence-electron chi connectivity index (χ2n) is 2.07. The number of amides is 1. The Balaban J connectivity index is 2.12. The first-order valence-electron chi connectivity index (χ1n) is 2.78. The molecular formula is C5H9NO3. The van der Waals surface area contributed by atoms with Crippen molar-refractivity contribution in [3.8, 4) is 0 Å². The van der Waals surface area contributed by atoms with Crippen LogP contribution in [0.4, 0.5) is 0 Å². The van der Waals surface area contributed by atoms with Gasteiger partial charge in [-0.25, -0.2) is 0 Å². The van der Waals surface area contributed by atoms with Crippen LogP contribution >= 0.6 is 0 Å². The maximum atomic E-state index is 10.2. The Morgan fingerprint density at radius 2 is 2.33 bits per heavy atom. The van der Waals surface area contributed by atoms with Gasteiger partial charge in [-0.15, -0.1) is 0 Å². The standard InChI is InChI=1S/C5H9NO3/c6-5(8)1-3-4(2-7)9-3/h3-4,7H,1-2H2,(H2,6,8). The Kier molecular flexibility index (Phi) is 1.68. The predicted molar refractivity (Wildman–Crippen MR) is 29.6 cm³/mol. The summed E-state index contributed by atoms with van der Waals surface area (Å²) in [6, 6.07) is 0. The van der Waals surface area contributed by atoms with Crippen LogP contribution in [0.25, 0.3) is 0 Å². The first-order chi connectivity index (χ1) is 4.24. The van der Waals surface area contributed by atoms with E-state index in [1.807, 2.05) is 0 Å². The molecule has 4 nitrogen and oxygen atoms in total. The first-order valence-corrected chi connectivity index (χ1v) is 2.78. The SMILES string of the molecule is NC(=O)CC1OC1CO. The summed E-state index contributed by atoms with van der Waals surface area (Å²) in [5, 5.41) is 8.41. The third kappa shape index (κ3) is 1.65.